The summed E-state index contributed by atoms with van der Waals surface area (Å²) in [4.78, 5) is 38.1. The first-order chi connectivity index (χ1) is 17.5. The molecule has 0 amide bonds. The fraction of sp³-hybridized carbons (Fsp3) is 0.310. The first kappa shape index (κ1) is 25.1. The molecule has 1 aromatic carbocycles. The second-order valence-electron chi connectivity index (χ2n) is 9.21. The number of allylic oxidation sites excluding steroid dienone is 1. The van der Waals surface area contributed by atoms with Crippen molar-refractivity contribution in [1.82, 2.24) is 9.97 Å². The fourth-order valence-electron chi connectivity index (χ4n) is 4.54. The van der Waals surface area contributed by atoms with Crippen LogP contribution in [0.15, 0.2) is 71.5 Å². The number of nitrogens with zero attached hydrogens (tertiary/aromatic N) is 4. The van der Waals surface area contributed by atoms with E-state index in [4.69, 9.17) is 0 Å². The lowest BCUT2D eigenvalue weighted by atomic mass is 9.94. The summed E-state index contributed by atoms with van der Waals surface area (Å²) in [5, 5.41) is 0. The molecule has 3 aromatic rings. The molecule has 1 aliphatic heterocycles. The summed E-state index contributed by atoms with van der Waals surface area (Å²) in [7, 11) is 0. The quantitative estimate of drug-likeness (QED) is 0.237. The SMILES string of the molecule is CC(=C=O)CC1CCCN(c2ccc(CC(C=O)=Nc3ccc(-c4cccc(F)c4)cn3)cn2)CC1. The molecular weight excluding hydrogens is 455 g/mol. The molecule has 0 N–H and O–H groups in total. The molecule has 36 heavy (non-hydrogen) atoms. The Bertz CT molecular complexity index is 1270. The van der Waals surface area contributed by atoms with Gasteiger partial charge >= 0.3 is 0 Å². The molecule has 184 valence electrons. The molecule has 0 aliphatic carbocycles. The zero-order valence-corrected chi connectivity index (χ0v) is 20.4. The van der Waals surface area contributed by atoms with Crippen LogP contribution in [0.3, 0.4) is 0 Å². The molecule has 1 unspecified atom stereocenters. The van der Waals surface area contributed by atoms with Crippen molar-refractivity contribution >= 4 is 29.6 Å². The zero-order valence-electron chi connectivity index (χ0n) is 20.4. The van der Waals surface area contributed by atoms with Gasteiger partial charge in [0.15, 0.2) is 12.1 Å². The highest BCUT2D eigenvalue weighted by atomic mass is 19.1. The normalized spacial score (nSPS) is 16.2. The van der Waals surface area contributed by atoms with Crippen LogP contribution in [0.4, 0.5) is 16.0 Å². The largest absolute Gasteiger partial charge is 0.357 e. The Morgan fingerprint density at radius 2 is 2.00 bits per heavy atom. The number of benzene rings is 1. The van der Waals surface area contributed by atoms with E-state index in [1.54, 1.807) is 24.5 Å². The van der Waals surface area contributed by atoms with Crippen molar-refractivity contribution in [2.45, 2.75) is 39.0 Å². The Morgan fingerprint density at radius 3 is 2.69 bits per heavy atom. The summed E-state index contributed by atoms with van der Waals surface area (Å²) in [5.74, 6) is 3.56. The van der Waals surface area contributed by atoms with Gasteiger partial charge in [0.2, 0.25) is 0 Å². The number of hydrogen-bond acceptors (Lipinski definition) is 6. The zero-order chi connectivity index (χ0) is 25.3. The average molecular weight is 485 g/mol. The standard InChI is InChI=1S/C29H29FN4O2/c1-21(19-35)14-22-4-3-12-34(13-11-22)29-10-7-23(17-32-29)15-27(20-36)33-28-9-8-25(18-31-28)24-5-2-6-26(30)16-24/h2,5-10,16-18,20,22H,3-4,11-15H2,1H3. The number of anilines is 1. The van der Waals surface area contributed by atoms with Crippen LogP contribution in [0.5, 0.6) is 0 Å². The van der Waals surface area contributed by atoms with E-state index in [0.29, 0.717) is 23.9 Å². The Balaban J connectivity index is 1.38. The number of carbonyl (C=O) groups excluding carboxylic acids is 2. The monoisotopic (exact) mass is 484 g/mol. The van der Waals surface area contributed by atoms with Crippen LogP contribution >= 0.6 is 0 Å². The van der Waals surface area contributed by atoms with Gasteiger partial charge in [0.1, 0.15) is 17.6 Å². The Morgan fingerprint density at radius 1 is 1.11 bits per heavy atom. The predicted octanol–water partition coefficient (Wildman–Crippen LogP) is 5.57. The number of pyridine rings is 2. The predicted molar refractivity (Wildman–Crippen MR) is 140 cm³/mol. The average Bonchev–Trinajstić information content (AvgIpc) is 3.14. The molecule has 0 bridgehead atoms. The van der Waals surface area contributed by atoms with E-state index in [2.05, 4.69) is 19.9 Å². The molecule has 1 saturated heterocycles. The molecule has 7 heteroatoms. The molecule has 0 saturated carbocycles. The molecule has 1 aliphatic rings. The highest BCUT2D eigenvalue weighted by molar-refractivity contribution is 6.29. The molecule has 2 aromatic heterocycles. The minimum atomic E-state index is -0.306. The molecule has 1 fully saturated rings. The number of aliphatic imine (C=N–C) groups is 1. The highest BCUT2D eigenvalue weighted by Gasteiger charge is 2.18. The maximum absolute atomic E-state index is 13.5. The van der Waals surface area contributed by atoms with Crippen molar-refractivity contribution < 1.29 is 14.0 Å². The van der Waals surface area contributed by atoms with E-state index in [0.717, 1.165) is 73.1 Å². The molecule has 0 spiro atoms. The van der Waals surface area contributed by atoms with Gasteiger partial charge in [0.05, 0.1) is 5.71 Å². The van der Waals surface area contributed by atoms with Crippen LogP contribution in [-0.2, 0) is 16.0 Å². The van der Waals surface area contributed by atoms with E-state index < -0.39 is 0 Å². The Hall–Kier alpha value is -3.96. The van der Waals surface area contributed by atoms with E-state index in [1.807, 2.05) is 37.1 Å². The summed E-state index contributed by atoms with van der Waals surface area (Å²) >= 11 is 0. The third kappa shape index (κ3) is 6.80. The van der Waals surface area contributed by atoms with Crippen LogP contribution in [0.2, 0.25) is 0 Å². The van der Waals surface area contributed by atoms with Gasteiger partial charge in [0, 0.05) is 43.0 Å². The summed E-state index contributed by atoms with van der Waals surface area (Å²) < 4.78 is 13.5. The second kappa shape index (κ2) is 12.1. The van der Waals surface area contributed by atoms with Crippen molar-refractivity contribution in [2.24, 2.45) is 10.9 Å². The first-order valence-electron chi connectivity index (χ1n) is 12.2. The highest BCUT2D eigenvalue weighted by Crippen LogP contribution is 2.26. The van der Waals surface area contributed by atoms with E-state index in [9.17, 15) is 14.0 Å². The van der Waals surface area contributed by atoms with Crippen molar-refractivity contribution in [3.63, 3.8) is 0 Å². The summed E-state index contributed by atoms with van der Waals surface area (Å²) in [5.41, 5.74) is 3.54. The molecule has 1 atom stereocenters. The first-order valence-corrected chi connectivity index (χ1v) is 12.2. The maximum Gasteiger partial charge on any atom is 0.164 e. The number of aromatic nitrogens is 2. The smallest absolute Gasteiger partial charge is 0.164 e. The summed E-state index contributed by atoms with van der Waals surface area (Å²) in [6.07, 6.45) is 8.50. The van der Waals surface area contributed by atoms with Gasteiger partial charge in [-0.2, -0.15) is 0 Å². The third-order valence-electron chi connectivity index (χ3n) is 6.44. The maximum atomic E-state index is 13.5. The number of halogens is 1. The number of hydrogen-bond donors (Lipinski definition) is 0. The Labute approximate surface area is 210 Å². The topological polar surface area (TPSA) is 75.5 Å². The van der Waals surface area contributed by atoms with Crippen LogP contribution in [0, 0.1) is 11.7 Å². The molecule has 6 nitrogen and oxygen atoms in total. The van der Waals surface area contributed by atoms with E-state index in [-0.39, 0.29) is 5.82 Å². The van der Waals surface area contributed by atoms with Gasteiger partial charge in [-0.25, -0.2) is 24.1 Å². The van der Waals surface area contributed by atoms with Gasteiger partial charge in [-0.05, 0) is 80.0 Å². The second-order valence-corrected chi connectivity index (χ2v) is 9.21. The van der Waals surface area contributed by atoms with E-state index >= 15 is 0 Å². The van der Waals surface area contributed by atoms with Gasteiger partial charge in [-0.1, -0.05) is 18.2 Å². The number of rotatable bonds is 8. The lowest BCUT2D eigenvalue weighted by Crippen LogP contribution is -2.25. The van der Waals surface area contributed by atoms with Crippen LogP contribution in [-0.4, -0.2) is 41.0 Å². The van der Waals surface area contributed by atoms with Gasteiger partial charge in [-0.15, -0.1) is 0 Å². The van der Waals surface area contributed by atoms with E-state index in [1.165, 1.54) is 12.1 Å². The van der Waals surface area contributed by atoms with Gasteiger partial charge in [0.25, 0.3) is 0 Å². The van der Waals surface area contributed by atoms with Crippen molar-refractivity contribution in [1.29, 1.82) is 0 Å². The van der Waals surface area contributed by atoms with Crippen LogP contribution in [0.25, 0.3) is 11.1 Å². The van der Waals surface area contributed by atoms with Crippen molar-refractivity contribution in [2.75, 3.05) is 18.0 Å². The molecule has 4 rings (SSSR count). The van der Waals surface area contributed by atoms with Gasteiger partial charge in [-0.3, -0.25) is 4.79 Å². The van der Waals surface area contributed by atoms with Crippen molar-refractivity contribution in [3.8, 4) is 11.1 Å². The van der Waals surface area contributed by atoms with Crippen LogP contribution in [0.1, 0.15) is 38.2 Å². The minimum absolute atomic E-state index is 0.306. The fourth-order valence-corrected chi connectivity index (χ4v) is 4.54. The third-order valence-corrected chi connectivity index (χ3v) is 6.44. The summed E-state index contributed by atoms with van der Waals surface area (Å²) in [6.45, 7) is 3.69. The minimum Gasteiger partial charge on any atom is -0.357 e. The number of aldehydes is 1. The summed E-state index contributed by atoms with van der Waals surface area (Å²) in [6, 6.07) is 13.8. The lowest BCUT2D eigenvalue weighted by molar-refractivity contribution is -0.102. The van der Waals surface area contributed by atoms with Crippen LogP contribution < -0.4 is 4.90 Å². The van der Waals surface area contributed by atoms with Crippen molar-refractivity contribution in [3.05, 3.63) is 77.9 Å². The molecule has 3 heterocycles. The van der Waals surface area contributed by atoms with Gasteiger partial charge < -0.3 is 4.90 Å². The Kier molecular flexibility index (Phi) is 8.48. The number of carbonyl (C=O) groups is 1. The molecular formula is C29H29FN4O2. The molecule has 0 radical (unpaired) electrons. The lowest BCUT2D eigenvalue weighted by Gasteiger charge is -2.22.